The van der Waals surface area contributed by atoms with Crippen molar-refractivity contribution < 1.29 is 0 Å². The quantitative estimate of drug-likeness (QED) is 0.612. The summed E-state index contributed by atoms with van der Waals surface area (Å²) in [5, 5.41) is 2.07. The first kappa shape index (κ1) is 19.7. The van der Waals surface area contributed by atoms with Crippen LogP contribution in [-0.2, 0) is 26.2 Å². The Balaban J connectivity index is 1.31. The van der Waals surface area contributed by atoms with Crippen LogP contribution >= 0.6 is 11.3 Å². The van der Waals surface area contributed by atoms with Crippen LogP contribution in [0.3, 0.4) is 0 Å². The second-order valence-electron chi connectivity index (χ2n) is 8.83. The fraction of sp³-hybridized carbons (Fsp3) is 0.417. The summed E-state index contributed by atoms with van der Waals surface area (Å²) in [5.41, 5.74) is 6.60. The molecule has 0 radical (unpaired) electrons. The standard InChI is InChI=1S/C24H28N4OS/c1-26(15-22-16-30-17-25-22)13-20-7-8-23-21-9-19(12-28(23)24(20)29)11-27(14-21)10-18-5-3-2-4-6-18/h2-8,16-17,19,21H,9-15H2,1H3/t19-,21+/m0/s1. The third-order valence-electron chi connectivity index (χ3n) is 6.36. The molecule has 0 unspecified atom stereocenters. The molecule has 0 amide bonds. The molecule has 0 spiro atoms. The fourth-order valence-corrected chi connectivity index (χ4v) is 5.67. The Morgan fingerprint density at radius 2 is 1.97 bits per heavy atom. The van der Waals surface area contributed by atoms with Crippen molar-refractivity contribution in [2.45, 2.75) is 38.5 Å². The van der Waals surface area contributed by atoms with E-state index in [2.05, 4.69) is 74.2 Å². The summed E-state index contributed by atoms with van der Waals surface area (Å²) in [5.74, 6) is 1.01. The molecule has 2 bridgehead atoms. The lowest BCUT2D eigenvalue weighted by atomic mass is 9.83. The van der Waals surface area contributed by atoms with E-state index in [0.29, 0.717) is 18.4 Å². The Hall–Kier alpha value is -2.28. The van der Waals surface area contributed by atoms with Gasteiger partial charge in [-0.05, 0) is 31.0 Å². The van der Waals surface area contributed by atoms with Crippen LogP contribution < -0.4 is 5.56 Å². The van der Waals surface area contributed by atoms with Crippen molar-refractivity contribution in [2.75, 3.05) is 20.1 Å². The molecule has 30 heavy (non-hydrogen) atoms. The smallest absolute Gasteiger partial charge is 0.255 e. The van der Waals surface area contributed by atoms with E-state index in [9.17, 15) is 4.79 Å². The number of benzene rings is 1. The highest BCUT2D eigenvalue weighted by atomic mass is 32.1. The second-order valence-corrected chi connectivity index (χ2v) is 9.55. The number of fused-ring (bicyclic) bond motifs is 4. The summed E-state index contributed by atoms with van der Waals surface area (Å²) in [7, 11) is 2.05. The van der Waals surface area contributed by atoms with Gasteiger partial charge < -0.3 is 4.57 Å². The van der Waals surface area contributed by atoms with E-state index < -0.39 is 0 Å². The first-order chi connectivity index (χ1) is 14.7. The summed E-state index contributed by atoms with van der Waals surface area (Å²) in [4.78, 5) is 22.4. The predicted molar refractivity (Wildman–Crippen MR) is 121 cm³/mol. The molecule has 1 fully saturated rings. The van der Waals surface area contributed by atoms with Crippen molar-refractivity contribution in [3.8, 4) is 0 Å². The minimum absolute atomic E-state index is 0.198. The topological polar surface area (TPSA) is 41.4 Å². The maximum absolute atomic E-state index is 13.3. The molecule has 0 aliphatic carbocycles. The number of likely N-dealkylation sites (tertiary alicyclic amines) is 1. The Labute approximate surface area is 181 Å². The summed E-state index contributed by atoms with van der Waals surface area (Å²) < 4.78 is 2.07. The highest BCUT2D eigenvalue weighted by Crippen LogP contribution is 2.35. The molecular formula is C24H28N4OS. The zero-order valence-corrected chi connectivity index (χ0v) is 18.2. The number of thiazole rings is 1. The summed E-state index contributed by atoms with van der Waals surface area (Å²) >= 11 is 1.61. The van der Waals surface area contributed by atoms with Crippen molar-refractivity contribution in [1.29, 1.82) is 0 Å². The summed E-state index contributed by atoms with van der Waals surface area (Å²) in [6.07, 6.45) is 1.20. The Kier molecular flexibility index (Phi) is 5.54. The maximum atomic E-state index is 13.3. The lowest BCUT2D eigenvalue weighted by Gasteiger charge is -2.43. The third-order valence-corrected chi connectivity index (χ3v) is 7.00. The van der Waals surface area contributed by atoms with E-state index in [4.69, 9.17) is 0 Å². The van der Waals surface area contributed by atoms with Gasteiger partial charge in [0.1, 0.15) is 0 Å². The molecule has 5 rings (SSSR count). The molecule has 1 aromatic carbocycles. The number of hydrogen-bond donors (Lipinski definition) is 0. The fourth-order valence-electron chi connectivity index (χ4n) is 5.12. The van der Waals surface area contributed by atoms with Gasteiger partial charge in [0.15, 0.2) is 0 Å². The lowest BCUT2D eigenvalue weighted by molar-refractivity contribution is 0.114. The van der Waals surface area contributed by atoms with Crippen LogP contribution in [0.4, 0.5) is 0 Å². The number of pyridine rings is 1. The molecule has 6 heteroatoms. The predicted octanol–water partition coefficient (Wildman–Crippen LogP) is 3.56. The van der Waals surface area contributed by atoms with Gasteiger partial charge in [-0.25, -0.2) is 4.98 Å². The molecule has 0 N–H and O–H groups in total. The average Bonchev–Trinajstić information content (AvgIpc) is 3.24. The Morgan fingerprint density at radius 1 is 1.10 bits per heavy atom. The Bertz CT molecular complexity index is 1050. The number of piperidine rings is 1. The van der Waals surface area contributed by atoms with Crippen LogP contribution in [-0.4, -0.2) is 39.5 Å². The maximum Gasteiger partial charge on any atom is 0.255 e. The minimum Gasteiger partial charge on any atom is -0.312 e. The van der Waals surface area contributed by atoms with Gasteiger partial charge in [-0.2, -0.15) is 0 Å². The molecule has 4 heterocycles. The molecule has 2 aliphatic heterocycles. The van der Waals surface area contributed by atoms with Crippen molar-refractivity contribution in [1.82, 2.24) is 19.4 Å². The highest BCUT2D eigenvalue weighted by molar-refractivity contribution is 7.07. The van der Waals surface area contributed by atoms with Crippen molar-refractivity contribution in [2.24, 2.45) is 5.92 Å². The molecule has 5 nitrogen and oxygen atoms in total. The summed E-state index contributed by atoms with van der Waals surface area (Å²) in [6, 6.07) is 15.0. The van der Waals surface area contributed by atoms with E-state index >= 15 is 0 Å². The second kappa shape index (κ2) is 8.46. The molecule has 0 saturated carbocycles. The van der Waals surface area contributed by atoms with E-state index in [-0.39, 0.29) is 5.56 Å². The van der Waals surface area contributed by atoms with Crippen LogP contribution in [0, 0.1) is 5.92 Å². The number of hydrogen-bond acceptors (Lipinski definition) is 5. The van der Waals surface area contributed by atoms with Crippen LogP contribution in [0.25, 0.3) is 0 Å². The third kappa shape index (κ3) is 4.13. The lowest BCUT2D eigenvalue weighted by Crippen LogP contribution is -2.47. The van der Waals surface area contributed by atoms with Gasteiger partial charge in [0.25, 0.3) is 5.56 Å². The zero-order valence-electron chi connectivity index (χ0n) is 17.4. The van der Waals surface area contributed by atoms with Gasteiger partial charge >= 0.3 is 0 Å². The van der Waals surface area contributed by atoms with E-state index in [1.165, 1.54) is 17.7 Å². The SMILES string of the molecule is CN(Cc1cscn1)Cc1ccc2n(c1=O)C[C@H]1C[C@@H]2CN(Cc2ccccc2)C1. The molecule has 156 valence electrons. The van der Waals surface area contributed by atoms with Gasteiger partial charge in [-0.15, -0.1) is 11.3 Å². The van der Waals surface area contributed by atoms with Gasteiger partial charge in [0, 0.05) is 61.8 Å². The van der Waals surface area contributed by atoms with Crippen LogP contribution in [0.2, 0.25) is 0 Å². The molecular weight excluding hydrogens is 392 g/mol. The van der Waals surface area contributed by atoms with Crippen molar-refractivity contribution in [3.05, 3.63) is 86.2 Å². The van der Waals surface area contributed by atoms with Gasteiger partial charge in [-0.3, -0.25) is 14.6 Å². The summed E-state index contributed by atoms with van der Waals surface area (Å²) in [6.45, 7) is 5.38. The van der Waals surface area contributed by atoms with Gasteiger partial charge in [-0.1, -0.05) is 36.4 Å². The molecule has 1 saturated heterocycles. The van der Waals surface area contributed by atoms with Crippen LogP contribution in [0.5, 0.6) is 0 Å². The Morgan fingerprint density at radius 3 is 2.77 bits per heavy atom. The average molecular weight is 421 g/mol. The largest absolute Gasteiger partial charge is 0.312 e. The van der Waals surface area contributed by atoms with Crippen LogP contribution in [0.1, 0.15) is 34.9 Å². The number of aromatic nitrogens is 2. The number of rotatable bonds is 6. The van der Waals surface area contributed by atoms with Gasteiger partial charge in [0.05, 0.1) is 11.2 Å². The molecule has 2 aliphatic rings. The van der Waals surface area contributed by atoms with Gasteiger partial charge in [0.2, 0.25) is 0 Å². The van der Waals surface area contributed by atoms with Crippen LogP contribution in [0.15, 0.2) is 58.1 Å². The van der Waals surface area contributed by atoms with Crippen molar-refractivity contribution in [3.63, 3.8) is 0 Å². The molecule has 2 atom stereocenters. The highest BCUT2D eigenvalue weighted by Gasteiger charge is 2.34. The molecule has 3 aromatic rings. The van der Waals surface area contributed by atoms with Crippen molar-refractivity contribution >= 4 is 11.3 Å². The monoisotopic (exact) mass is 420 g/mol. The van der Waals surface area contributed by atoms with E-state index in [1.807, 2.05) is 5.51 Å². The van der Waals surface area contributed by atoms with E-state index in [0.717, 1.165) is 44.0 Å². The first-order valence-corrected chi connectivity index (χ1v) is 11.6. The molecule has 2 aromatic heterocycles. The first-order valence-electron chi connectivity index (χ1n) is 10.7. The van der Waals surface area contributed by atoms with E-state index in [1.54, 1.807) is 11.3 Å². The zero-order chi connectivity index (χ0) is 20.5. The normalized spacial score (nSPS) is 21.0. The number of nitrogens with zero attached hydrogens (tertiary/aromatic N) is 4. The minimum atomic E-state index is 0.198.